The molecule has 1 aliphatic rings. The molecule has 2 aromatic carbocycles. The number of non-ortho nitro benzene ring substituents is 1. The van der Waals surface area contributed by atoms with E-state index in [1.165, 1.54) is 30.3 Å². The van der Waals surface area contributed by atoms with Crippen LogP contribution in [0.5, 0.6) is 0 Å². The smallest absolute Gasteiger partial charge is 0.269 e. The molecule has 0 aromatic heterocycles. The van der Waals surface area contributed by atoms with Crippen molar-refractivity contribution in [1.29, 1.82) is 0 Å². The monoisotopic (exact) mass is 397 g/mol. The molecule has 0 saturated carbocycles. The molecule has 0 N–H and O–H groups in total. The zero-order valence-electron chi connectivity index (χ0n) is 16.5. The Kier molecular flexibility index (Phi) is 6.39. The van der Waals surface area contributed by atoms with Gasteiger partial charge in [-0.15, -0.1) is 0 Å². The Morgan fingerprint density at radius 3 is 2.38 bits per heavy atom. The number of hydrogen-bond acceptors (Lipinski definition) is 4. The highest BCUT2D eigenvalue weighted by atomic mass is 19.1. The summed E-state index contributed by atoms with van der Waals surface area (Å²) < 4.78 is 13.1. The van der Waals surface area contributed by atoms with E-state index in [0.717, 1.165) is 17.7 Å². The zero-order chi connectivity index (χ0) is 21.0. The van der Waals surface area contributed by atoms with Crippen molar-refractivity contribution in [1.82, 2.24) is 9.80 Å². The van der Waals surface area contributed by atoms with Gasteiger partial charge in [-0.3, -0.25) is 19.8 Å². The number of nitro benzene ring substituents is 1. The van der Waals surface area contributed by atoms with Crippen LogP contribution in [0.3, 0.4) is 0 Å². The fourth-order valence-corrected chi connectivity index (χ4v) is 3.52. The van der Waals surface area contributed by atoms with Crippen LogP contribution in [-0.2, 0) is 11.3 Å². The number of rotatable bonds is 5. The van der Waals surface area contributed by atoms with Crippen molar-refractivity contribution >= 4 is 17.7 Å². The Labute approximate surface area is 169 Å². The largest absolute Gasteiger partial charge is 0.334 e. The van der Waals surface area contributed by atoms with Crippen LogP contribution < -0.4 is 0 Å². The molecule has 1 aliphatic heterocycles. The first kappa shape index (κ1) is 20.7. The average molecular weight is 397 g/mol. The van der Waals surface area contributed by atoms with E-state index < -0.39 is 4.92 Å². The van der Waals surface area contributed by atoms with Crippen LogP contribution in [0.4, 0.5) is 10.1 Å². The molecule has 1 saturated heterocycles. The van der Waals surface area contributed by atoms with Gasteiger partial charge in [0.2, 0.25) is 5.91 Å². The molecular formula is C22H24FN3O3. The molecule has 2 aromatic rings. The Morgan fingerprint density at radius 1 is 1.10 bits per heavy atom. The molecule has 0 spiro atoms. The van der Waals surface area contributed by atoms with Gasteiger partial charge >= 0.3 is 0 Å². The molecule has 3 rings (SSSR count). The van der Waals surface area contributed by atoms with Crippen molar-refractivity contribution in [2.75, 3.05) is 13.1 Å². The molecule has 1 heterocycles. The fourth-order valence-electron chi connectivity index (χ4n) is 3.52. The summed E-state index contributed by atoms with van der Waals surface area (Å²) in [5.74, 6) is -0.325. The van der Waals surface area contributed by atoms with E-state index in [9.17, 15) is 19.3 Å². The van der Waals surface area contributed by atoms with E-state index in [2.05, 4.69) is 11.8 Å². The van der Waals surface area contributed by atoms with Gasteiger partial charge in [0, 0.05) is 49.9 Å². The molecule has 6 nitrogen and oxygen atoms in total. The molecule has 0 bridgehead atoms. The fraction of sp³-hybridized carbons (Fsp3) is 0.318. The van der Waals surface area contributed by atoms with Gasteiger partial charge in [-0.25, -0.2) is 4.39 Å². The maximum Gasteiger partial charge on any atom is 0.269 e. The lowest BCUT2D eigenvalue weighted by Gasteiger charge is -2.44. The number of hydrogen-bond donors (Lipinski definition) is 0. The van der Waals surface area contributed by atoms with Gasteiger partial charge in [0.1, 0.15) is 5.82 Å². The van der Waals surface area contributed by atoms with Gasteiger partial charge in [-0.05, 0) is 55.3 Å². The molecule has 152 valence electrons. The second-order valence-corrected chi connectivity index (χ2v) is 7.43. The van der Waals surface area contributed by atoms with Crippen LogP contribution in [0.2, 0.25) is 0 Å². The van der Waals surface area contributed by atoms with Crippen LogP contribution in [0.1, 0.15) is 25.0 Å². The predicted molar refractivity (Wildman–Crippen MR) is 110 cm³/mol. The normalized spacial score (nSPS) is 20.2. The van der Waals surface area contributed by atoms with Gasteiger partial charge in [-0.2, -0.15) is 0 Å². The maximum atomic E-state index is 13.1. The van der Waals surface area contributed by atoms with Crippen LogP contribution >= 0.6 is 0 Å². The number of carbonyl (C=O) groups excluding carboxylic acids is 1. The number of nitrogens with zero attached hydrogens (tertiary/aromatic N) is 3. The quantitative estimate of drug-likeness (QED) is 0.436. The standard InChI is InChI=1S/C22H24FN3O3/c1-16-14-25(17(2)13-24(16)15-19-3-8-20(23)9-4-19)22(27)12-7-18-5-10-21(11-6-18)26(28)29/h3-12,16-17H,13-15H2,1-2H3/t16-,17+/m0/s1. The maximum absolute atomic E-state index is 13.1. The van der Waals surface area contributed by atoms with Crippen molar-refractivity contribution in [3.63, 3.8) is 0 Å². The van der Waals surface area contributed by atoms with Crippen molar-refractivity contribution in [3.8, 4) is 0 Å². The summed E-state index contributed by atoms with van der Waals surface area (Å²) >= 11 is 0. The first-order valence-corrected chi connectivity index (χ1v) is 9.55. The lowest BCUT2D eigenvalue weighted by Crippen LogP contribution is -2.57. The number of benzene rings is 2. The summed E-state index contributed by atoms with van der Waals surface area (Å²) in [5, 5.41) is 10.7. The number of amides is 1. The molecule has 0 unspecified atom stereocenters. The minimum absolute atomic E-state index is 0.0215. The first-order valence-electron chi connectivity index (χ1n) is 9.55. The first-order chi connectivity index (χ1) is 13.8. The highest BCUT2D eigenvalue weighted by molar-refractivity contribution is 5.92. The number of halogens is 1. The summed E-state index contributed by atoms with van der Waals surface area (Å²) in [6.45, 7) is 6.14. The molecule has 0 aliphatic carbocycles. The molecule has 0 radical (unpaired) electrons. The Morgan fingerprint density at radius 2 is 1.76 bits per heavy atom. The second kappa shape index (κ2) is 8.96. The molecule has 29 heavy (non-hydrogen) atoms. The summed E-state index contributed by atoms with van der Waals surface area (Å²) in [6.07, 6.45) is 3.19. The molecule has 2 atom stereocenters. The third-order valence-corrected chi connectivity index (χ3v) is 5.22. The molecule has 1 amide bonds. The van der Waals surface area contributed by atoms with Gasteiger partial charge in [-0.1, -0.05) is 12.1 Å². The second-order valence-electron chi connectivity index (χ2n) is 7.43. The van der Waals surface area contributed by atoms with Crippen LogP contribution in [-0.4, -0.2) is 45.8 Å². The van der Waals surface area contributed by atoms with E-state index in [-0.39, 0.29) is 29.5 Å². The minimum Gasteiger partial charge on any atom is -0.334 e. The number of piperazine rings is 1. The van der Waals surface area contributed by atoms with E-state index in [1.807, 2.05) is 11.8 Å². The number of nitro groups is 1. The Hall–Kier alpha value is -3.06. The lowest BCUT2D eigenvalue weighted by atomic mass is 10.1. The van der Waals surface area contributed by atoms with Gasteiger partial charge in [0.05, 0.1) is 4.92 Å². The van der Waals surface area contributed by atoms with Gasteiger partial charge < -0.3 is 4.90 Å². The van der Waals surface area contributed by atoms with Crippen LogP contribution in [0, 0.1) is 15.9 Å². The molecule has 1 fully saturated rings. The van der Waals surface area contributed by atoms with Crippen molar-refractivity contribution in [2.45, 2.75) is 32.5 Å². The third kappa shape index (κ3) is 5.26. The molecule has 7 heteroatoms. The average Bonchev–Trinajstić information content (AvgIpc) is 2.70. The predicted octanol–water partition coefficient (Wildman–Crippen LogP) is 3.87. The SMILES string of the molecule is C[C@@H]1CN(Cc2ccc(F)cc2)[C@@H](C)CN1C(=O)C=Cc1ccc([N+](=O)[O-])cc1. The van der Waals surface area contributed by atoms with Crippen molar-refractivity contribution in [3.05, 3.63) is 81.7 Å². The summed E-state index contributed by atoms with van der Waals surface area (Å²) in [7, 11) is 0. The van der Waals surface area contributed by atoms with Crippen LogP contribution in [0.15, 0.2) is 54.6 Å². The Bertz CT molecular complexity index is 897. The van der Waals surface area contributed by atoms with Crippen molar-refractivity contribution < 1.29 is 14.1 Å². The van der Waals surface area contributed by atoms with E-state index in [0.29, 0.717) is 13.1 Å². The van der Waals surface area contributed by atoms with E-state index >= 15 is 0 Å². The summed E-state index contributed by atoms with van der Waals surface area (Å²) in [5.41, 5.74) is 1.80. The van der Waals surface area contributed by atoms with Gasteiger partial charge in [0.25, 0.3) is 5.69 Å². The number of carbonyl (C=O) groups is 1. The molecular weight excluding hydrogens is 373 g/mol. The van der Waals surface area contributed by atoms with Crippen molar-refractivity contribution in [2.24, 2.45) is 0 Å². The lowest BCUT2D eigenvalue weighted by molar-refractivity contribution is -0.384. The van der Waals surface area contributed by atoms with Crippen LogP contribution in [0.25, 0.3) is 6.08 Å². The highest BCUT2D eigenvalue weighted by Crippen LogP contribution is 2.19. The highest BCUT2D eigenvalue weighted by Gasteiger charge is 2.30. The van der Waals surface area contributed by atoms with Gasteiger partial charge in [0.15, 0.2) is 0 Å². The third-order valence-electron chi connectivity index (χ3n) is 5.22. The van der Waals surface area contributed by atoms with E-state index in [4.69, 9.17) is 0 Å². The summed E-state index contributed by atoms with van der Waals surface area (Å²) in [4.78, 5) is 27.1. The Balaban J connectivity index is 1.60. The topological polar surface area (TPSA) is 66.7 Å². The summed E-state index contributed by atoms with van der Waals surface area (Å²) in [6, 6.07) is 12.8. The zero-order valence-corrected chi connectivity index (χ0v) is 16.5. The minimum atomic E-state index is -0.451. The van der Waals surface area contributed by atoms with E-state index in [1.54, 1.807) is 30.3 Å².